The minimum Gasteiger partial charge on any atom is -0.275 e. The average molecular weight is 230 g/mol. The van der Waals surface area contributed by atoms with E-state index in [9.17, 15) is 18.8 Å². The molecule has 5 nitrogen and oxygen atoms in total. The Morgan fingerprint density at radius 1 is 1.38 bits per heavy atom. The summed E-state index contributed by atoms with van der Waals surface area (Å²) in [5, 5.41) is 1.83. The monoisotopic (exact) mass is 230 g/mol. The minimum atomic E-state index is -2.28. The Bertz CT molecular complexity index is 341. The van der Waals surface area contributed by atoms with Crippen LogP contribution in [-0.4, -0.2) is 34.5 Å². The van der Waals surface area contributed by atoms with Crippen LogP contribution in [0.2, 0.25) is 0 Å². The van der Waals surface area contributed by atoms with E-state index in [2.05, 4.69) is 0 Å². The van der Waals surface area contributed by atoms with Gasteiger partial charge in [0.1, 0.15) is 0 Å². The number of urea groups is 1. The van der Waals surface area contributed by atoms with Crippen molar-refractivity contribution in [3.05, 3.63) is 0 Å². The number of nitrogens with one attached hydrogen (secondary N) is 1. The molecule has 1 aliphatic heterocycles. The zero-order valence-electron chi connectivity index (χ0n) is 9.54. The Kier molecular flexibility index (Phi) is 3.30. The lowest BCUT2D eigenvalue weighted by molar-refractivity contribution is -0.147. The van der Waals surface area contributed by atoms with Gasteiger partial charge in [-0.3, -0.25) is 19.8 Å². The van der Waals surface area contributed by atoms with Crippen LogP contribution in [0.15, 0.2) is 0 Å². The summed E-state index contributed by atoms with van der Waals surface area (Å²) in [6.07, 6.45) is -0.990. The molecule has 0 bridgehead atoms. The fourth-order valence-electron chi connectivity index (χ4n) is 1.85. The average Bonchev–Trinajstić information content (AvgIpc) is 2.13. The molecule has 1 N–H and O–H groups in total. The van der Waals surface area contributed by atoms with Gasteiger partial charge in [0.25, 0.3) is 18.0 Å². The molecule has 1 unspecified atom stereocenters. The Morgan fingerprint density at radius 2 is 1.94 bits per heavy atom. The molecule has 1 atom stereocenters. The maximum absolute atomic E-state index is 13.2. The summed E-state index contributed by atoms with van der Waals surface area (Å²) in [4.78, 5) is 34.7. The van der Waals surface area contributed by atoms with Crippen molar-refractivity contribution >= 4 is 17.8 Å². The molecule has 1 aliphatic rings. The van der Waals surface area contributed by atoms with E-state index >= 15 is 0 Å². The number of hydrogen-bond donors (Lipinski definition) is 1. The van der Waals surface area contributed by atoms with Crippen molar-refractivity contribution in [1.82, 2.24) is 10.2 Å². The highest BCUT2D eigenvalue weighted by Gasteiger charge is 2.46. The van der Waals surface area contributed by atoms with E-state index in [0.29, 0.717) is 6.42 Å². The lowest BCUT2D eigenvalue weighted by Crippen LogP contribution is -2.65. The molecule has 0 spiro atoms. The van der Waals surface area contributed by atoms with Gasteiger partial charge in [0.2, 0.25) is 0 Å². The predicted octanol–water partition coefficient (Wildman–Crippen LogP) is 0.982. The Labute approximate surface area is 93.0 Å². The molecule has 4 amide bonds. The zero-order valence-corrected chi connectivity index (χ0v) is 9.54. The second-order valence-corrected chi connectivity index (χ2v) is 4.39. The Hall–Kier alpha value is -1.46. The molecule has 1 fully saturated rings. The highest BCUT2D eigenvalue weighted by atomic mass is 19.1. The third kappa shape index (κ3) is 2.05. The molecule has 6 heteroatoms. The van der Waals surface area contributed by atoms with Crippen molar-refractivity contribution in [3.8, 4) is 0 Å². The van der Waals surface area contributed by atoms with Gasteiger partial charge in [-0.2, -0.15) is 0 Å². The second kappa shape index (κ2) is 4.19. The first-order chi connectivity index (χ1) is 7.31. The normalized spacial score (nSPS) is 22.4. The summed E-state index contributed by atoms with van der Waals surface area (Å²) in [6.45, 7) is 5.22. The summed E-state index contributed by atoms with van der Waals surface area (Å²) in [7, 11) is 0. The van der Waals surface area contributed by atoms with Crippen molar-refractivity contribution in [2.24, 2.45) is 0 Å². The number of hydrogen-bond acceptors (Lipinski definition) is 3. The molecular weight excluding hydrogens is 215 g/mol. The first-order valence-electron chi connectivity index (χ1n) is 5.14. The molecule has 90 valence electrons. The highest BCUT2D eigenvalue weighted by Crippen LogP contribution is 2.24. The van der Waals surface area contributed by atoms with E-state index in [-0.39, 0.29) is 0 Å². The number of nitrogens with zero attached hydrogens (tertiary/aromatic N) is 1. The van der Waals surface area contributed by atoms with Gasteiger partial charge in [0, 0.05) is 5.54 Å². The largest absolute Gasteiger partial charge is 0.331 e. The van der Waals surface area contributed by atoms with Crippen molar-refractivity contribution in [2.45, 2.75) is 45.3 Å². The lowest BCUT2D eigenvalue weighted by Gasteiger charge is -2.39. The quantitative estimate of drug-likeness (QED) is 0.735. The molecule has 16 heavy (non-hydrogen) atoms. The zero-order chi connectivity index (χ0) is 12.5. The fourth-order valence-corrected chi connectivity index (χ4v) is 1.85. The Balaban J connectivity index is 2.99. The van der Waals surface area contributed by atoms with Gasteiger partial charge in [0.15, 0.2) is 0 Å². The van der Waals surface area contributed by atoms with Gasteiger partial charge < -0.3 is 0 Å². The predicted molar refractivity (Wildman–Crippen MR) is 54.3 cm³/mol. The number of carbonyl (C=O) groups excluding carboxylic acids is 3. The van der Waals surface area contributed by atoms with E-state index in [0.717, 1.165) is 11.3 Å². The summed E-state index contributed by atoms with van der Waals surface area (Å²) in [5.74, 6) is -2.26. The molecule has 0 aromatic heterocycles. The SMILES string of the molecule is CCCC(C)(C)N1C(=O)NC(=O)C(F)C1=O. The van der Waals surface area contributed by atoms with Crippen LogP contribution in [0.25, 0.3) is 0 Å². The van der Waals surface area contributed by atoms with Crippen LogP contribution in [-0.2, 0) is 9.59 Å². The van der Waals surface area contributed by atoms with Gasteiger partial charge >= 0.3 is 6.03 Å². The van der Waals surface area contributed by atoms with Crippen LogP contribution in [0, 0.1) is 0 Å². The number of rotatable bonds is 3. The van der Waals surface area contributed by atoms with Crippen LogP contribution >= 0.6 is 0 Å². The third-order valence-electron chi connectivity index (χ3n) is 2.57. The topological polar surface area (TPSA) is 66.5 Å². The summed E-state index contributed by atoms with van der Waals surface area (Å²) >= 11 is 0. The van der Waals surface area contributed by atoms with E-state index < -0.39 is 29.6 Å². The van der Waals surface area contributed by atoms with Gasteiger partial charge in [0.05, 0.1) is 0 Å². The van der Waals surface area contributed by atoms with Gasteiger partial charge in [-0.15, -0.1) is 0 Å². The summed E-state index contributed by atoms with van der Waals surface area (Å²) in [5.41, 5.74) is -0.791. The molecule has 1 saturated heterocycles. The molecule has 0 saturated carbocycles. The minimum absolute atomic E-state index is 0.549. The van der Waals surface area contributed by atoms with E-state index in [4.69, 9.17) is 0 Å². The Morgan fingerprint density at radius 3 is 2.44 bits per heavy atom. The number of imide groups is 2. The van der Waals surface area contributed by atoms with Crippen LogP contribution in [0.4, 0.5) is 9.18 Å². The second-order valence-electron chi connectivity index (χ2n) is 4.39. The van der Waals surface area contributed by atoms with Crippen LogP contribution in [0.5, 0.6) is 0 Å². The number of halogens is 1. The molecule has 0 radical (unpaired) electrons. The maximum Gasteiger partial charge on any atom is 0.331 e. The molecule has 0 aromatic carbocycles. The molecule has 0 aromatic rings. The van der Waals surface area contributed by atoms with Gasteiger partial charge in [-0.25, -0.2) is 9.18 Å². The first kappa shape index (κ1) is 12.6. The summed E-state index contributed by atoms with van der Waals surface area (Å²) in [6, 6.07) is -0.845. The van der Waals surface area contributed by atoms with E-state index in [1.165, 1.54) is 0 Å². The maximum atomic E-state index is 13.2. The number of alkyl halides is 1. The van der Waals surface area contributed by atoms with E-state index in [1.54, 1.807) is 13.8 Å². The van der Waals surface area contributed by atoms with Crippen LogP contribution < -0.4 is 5.32 Å². The smallest absolute Gasteiger partial charge is 0.275 e. The van der Waals surface area contributed by atoms with Crippen molar-refractivity contribution in [2.75, 3.05) is 0 Å². The van der Waals surface area contributed by atoms with E-state index in [1.807, 2.05) is 12.2 Å². The third-order valence-corrected chi connectivity index (χ3v) is 2.57. The molecule has 1 rings (SSSR count). The fraction of sp³-hybridized carbons (Fsp3) is 0.700. The van der Waals surface area contributed by atoms with Crippen molar-refractivity contribution < 1.29 is 18.8 Å². The summed E-state index contributed by atoms with van der Waals surface area (Å²) < 4.78 is 13.2. The highest BCUT2D eigenvalue weighted by molar-refractivity contribution is 6.18. The number of barbiturate groups is 1. The lowest BCUT2D eigenvalue weighted by atomic mass is 9.95. The standard InChI is InChI=1S/C10H15FN2O3/c1-4-5-10(2,3)13-8(15)6(11)7(14)12-9(13)16/h6H,4-5H2,1-3H3,(H,12,14,16). The number of carbonyl (C=O) groups is 3. The van der Waals surface area contributed by atoms with Gasteiger partial charge in [-0.05, 0) is 20.3 Å². The van der Waals surface area contributed by atoms with Crippen LogP contribution in [0.3, 0.4) is 0 Å². The molecule has 1 heterocycles. The molecular formula is C10H15FN2O3. The number of amides is 4. The molecule has 0 aliphatic carbocycles. The van der Waals surface area contributed by atoms with Crippen LogP contribution in [0.1, 0.15) is 33.6 Å². The van der Waals surface area contributed by atoms with Crippen molar-refractivity contribution in [1.29, 1.82) is 0 Å². The first-order valence-corrected chi connectivity index (χ1v) is 5.14. The van der Waals surface area contributed by atoms with Crippen molar-refractivity contribution in [3.63, 3.8) is 0 Å². The van der Waals surface area contributed by atoms with Gasteiger partial charge in [-0.1, -0.05) is 13.3 Å².